The van der Waals surface area contributed by atoms with E-state index in [0.717, 1.165) is 16.8 Å². The number of nitrogens with zero attached hydrogens (tertiary/aromatic N) is 1. The topological polar surface area (TPSA) is 38.1 Å². The Morgan fingerprint density at radius 3 is 3.18 bits per heavy atom. The van der Waals surface area contributed by atoms with Crippen LogP contribution >= 0.6 is 0 Å². The molecule has 0 aliphatic carbocycles. The van der Waals surface area contributed by atoms with E-state index in [2.05, 4.69) is 10.3 Å². The summed E-state index contributed by atoms with van der Waals surface area (Å²) in [5.41, 5.74) is 2.67. The summed E-state index contributed by atoms with van der Waals surface area (Å²) < 4.78 is 5.17. The molecule has 0 spiro atoms. The molecule has 1 aromatic heterocycles. The van der Waals surface area contributed by atoms with Gasteiger partial charge in [-0.25, -0.2) is 4.98 Å². The van der Waals surface area contributed by atoms with Gasteiger partial charge in [-0.2, -0.15) is 0 Å². The van der Waals surface area contributed by atoms with Crippen LogP contribution in [-0.4, -0.2) is 12.0 Å². The average Bonchev–Trinajstić information content (AvgIpc) is 2.50. The number of anilines is 1. The second-order valence-electron chi connectivity index (χ2n) is 2.26. The first kappa shape index (κ1) is 6.22. The van der Waals surface area contributed by atoms with Crippen molar-refractivity contribution in [1.29, 1.82) is 0 Å². The van der Waals surface area contributed by atoms with Gasteiger partial charge in [-0.3, -0.25) is 0 Å². The fraction of sp³-hybridized carbons (Fsp3) is 0.125. The summed E-state index contributed by atoms with van der Waals surface area (Å²) in [6, 6.07) is 5.81. The van der Waals surface area contributed by atoms with Crippen LogP contribution in [0.1, 0.15) is 0 Å². The molecule has 0 fully saturated rings. The van der Waals surface area contributed by atoms with Crippen LogP contribution in [0.4, 0.5) is 5.69 Å². The van der Waals surface area contributed by atoms with Crippen LogP contribution in [0.5, 0.6) is 0 Å². The lowest BCUT2D eigenvalue weighted by molar-refractivity contribution is 0.603. The molecule has 0 bridgehead atoms. The van der Waals surface area contributed by atoms with E-state index in [1.807, 2.05) is 25.2 Å². The van der Waals surface area contributed by atoms with Crippen molar-refractivity contribution >= 4 is 16.8 Å². The molecule has 2 rings (SSSR count). The second kappa shape index (κ2) is 2.27. The van der Waals surface area contributed by atoms with Gasteiger partial charge in [0.15, 0.2) is 12.0 Å². The minimum Gasteiger partial charge on any atom is -0.441 e. The van der Waals surface area contributed by atoms with E-state index in [0.29, 0.717) is 0 Å². The lowest BCUT2D eigenvalue weighted by Crippen LogP contribution is -1.86. The molecule has 0 aliphatic heterocycles. The smallest absolute Gasteiger partial charge is 0.182 e. The van der Waals surface area contributed by atoms with Crippen LogP contribution in [0.15, 0.2) is 29.0 Å². The maximum Gasteiger partial charge on any atom is 0.182 e. The number of aromatic nitrogens is 1. The number of para-hydroxylation sites is 1. The van der Waals surface area contributed by atoms with Gasteiger partial charge in [-0.05, 0) is 12.1 Å². The molecule has 0 saturated heterocycles. The highest BCUT2D eigenvalue weighted by atomic mass is 16.3. The van der Waals surface area contributed by atoms with Crippen LogP contribution in [0, 0.1) is 0 Å². The Labute approximate surface area is 64.0 Å². The molecule has 0 amide bonds. The molecule has 0 radical (unpaired) electrons. The highest BCUT2D eigenvalue weighted by molar-refractivity contribution is 5.85. The second-order valence-corrected chi connectivity index (χ2v) is 2.26. The van der Waals surface area contributed by atoms with E-state index < -0.39 is 0 Å². The zero-order valence-corrected chi connectivity index (χ0v) is 6.16. The monoisotopic (exact) mass is 148 g/mol. The molecule has 3 heteroatoms. The van der Waals surface area contributed by atoms with Crippen molar-refractivity contribution < 1.29 is 4.42 Å². The van der Waals surface area contributed by atoms with E-state index in [1.54, 1.807) is 0 Å². The number of rotatable bonds is 1. The number of nitrogens with one attached hydrogen (secondary N) is 1. The highest BCUT2D eigenvalue weighted by Crippen LogP contribution is 2.20. The summed E-state index contributed by atoms with van der Waals surface area (Å²) in [4.78, 5) is 4.02. The van der Waals surface area contributed by atoms with E-state index >= 15 is 0 Å². The Kier molecular flexibility index (Phi) is 1.28. The minimum absolute atomic E-state index is 0.815. The maximum absolute atomic E-state index is 5.17. The third-order valence-electron chi connectivity index (χ3n) is 1.63. The van der Waals surface area contributed by atoms with Gasteiger partial charge in [0.1, 0.15) is 5.52 Å². The first-order chi connectivity index (χ1) is 5.42. The molecule has 0 aliphatic rings. The van der Waals surface area contributed by atoms with Crippen molar-refractivity contribution in [2.24, 2.45) is 0 Å². The van der Waals surface area contributed by atoms with E-state index in [1.165, 1.54) is 6.39 Å². The molecule has 0 unspecified atom stereocenters. The molecule has 3 nitrogen and oxygen atoms in total. The number of oxazole rings is 1. The van der Waals surface area contributed by atoms with E-state index in [-0.39, 0.29) is 0 Å². The molecule has 11 heavy (non-hydrogen) atoms. The van der Waals surface area contributed by atoms with Gasteiger partial charge in [-0.15, -0.1) is 0 Å². The molecule has 1 N–H and O–H groups in total. The molecule has 56 valence electrons. The third-order valence-corrected chi connectivity index (χ3v) is 1.63. The molecular formula is C8H8N2O. The Balaban J connectivity index is 2.79. The quantitative estimate of drug-likeness (QED) is 0.670. The van der Waals surface area contributed by atoms with Gasteiger partial charge in [0.25, 0.3) is 0 Å². The van der Waals surface area contributed by atoms with Gasteiger partial charge < -0.3 is 9.73 Å². The summed E-state index contributed by atoms with van der Waals surface area (Å²) in [6.45, 7) is 0. The highest BCUT2D eigenvalue weighted by Gasteiger charge is 2.01. The van der Waals surface area contributed by atoms with Crippen molar-refractivity contribution in [3.05, 3.63) is 24.6 Å². The number of hydrogen-bond acceptors (Lipinski definition) is 3. The number of fused-ring (bicyclic) bond motifs is 1. The average molecular weight is 148 g/mol. The van der Waals surface area contributed by atoms with Crippen molar-refractivity contribution in [2.75, 3.05) is 12.4 Å². The van der Waals surface area contributed by atoms with Gasteiger partial charge in [-0.1, -0.05) is 6.07 Å². The van der Waals surface area contributed by atoms with Crippen LogP contribution < -0.4 is 5.32 Å². The Morgan fingerprint density at radius 2 is 2.36 bits per heavy atom. The SMILES string of the molecule is CNc1cccc2ncoc12. The van der Waals surface area contributed by atoms with Crippen LogP contribution in [-0.2, 0) is 0 Å². The molecule has 0 saturated carbocycles. The first-order valence-electron chi connectivity index (χ1n) is 3.42. The van der Waals surface area contributed by atoms with Crippen LogP contribution in [0.25, 0.3) is 11.1 Å². The predicted molar refractivity (Wildman–Crippen MR) is 43.6 cm³/mol. The summed E-state index contributed by atoms with van der Waals surface area (Å²) in [5.74, 6) is 0. The Hall–Kier alpha value is -1.51. The summed E-state index contributed by atoms with van der Waals surface area (Å²) >= 11 is 0. The normalized spacial score (nSPS) is 10.3. The summed E-state index contributed by atoms with van der Waals surface area (Å²) in [6.07, 6.45) is 1.45. The van der Waals surface area contributed by atoms with Gasteiger partial charge >= 0.3 is 0 Å². The van der Waals surface area contributed by atoms with Crippen LogP contribution in [0.3, 0.4) is 0 Å². The molecule has 2 aromatic rings. The van der Waals surface area contributed by atoms with Crippen molar-refractivity contribution in [3.63, 3.8) is 0 Å². The number of hydrogen-bond donors (Lipinski definition) is 1. The van der Waals surface area contributed by atoms with Gasteiger partial charge in [0, 0.05) is 7.05 Å². The summed E-state index contributed by atoms with van der Waals surface area (Å²) in [5, 5.41) is 3.02. The zero-order valence-electron chi connectivity index (χ0n) is 6.16. The lowest BCUT2D eigenvalue weighted by atomic mass is 10.3. The van der Waals surface area contributed by atoms with Crippen molar-refractivity contribution in [2.45, 2.75) is 0 Å². The van der Waals surface area contributed by atoms with E-state index in [9.17, 15) is 0 Å². The standard InChI is InChI=1S/C8H8N2O/c1-9-6-3-2-4-7-8(6)11-5-10-7/h2-5,9H,1H3. The summed E-state index contributed by atoms with van der Waals surface area (Å²) in [7, 11) is 1.86. The Bertz CT molecular complexity index is 367. The van der Waals surface area contributed by atoms with Gasteiger partial charge in [0.2, 0.25) is 0 Å². The molecule has 1 aromatic carbocycles. The fourth-order valence-electron chi connectivity index (χ4n) is 1.08. The maximum atomic E-state index is 5.17. The molecular weight excluding hydrogens is 140 g/mol. The molecule has 0 atom stereocenters. The van der Waals surface area contributed by atoms with E-state index in [4.69, 9.17) is 4.42 Å². The molecule has 1 heterocycles. The minimum atomic E-state index is 0.815. The van der Waals surface area contributed by atoms with Crippen molar-refractivity contribution in [1.82, 2.24) is 4.98 Å². The lowest BCUT2D eigenvalue weighted by Gasteiger charge is -1.97. The number of benzene rings is 1. The third kappa shape index (κ3) is 0.852. The largest absolute Gasteiger partial charge is 0.441 e. The first-order valence-corrected chi connectivity index (χ1v) is 3.42. The predicted octanol–water partition coefficient (Wildman–Crippen LogP) is 1.87. The zero-order chi connectivity index (χ0) is 7.68. The fourth-order valence-corrected chi connectivity index (χ4v) is 1.08. The van der Waals surface area contributed by atoms with Gasteiger partial charge in [0.05, 0.1) is 5.69 Å². The Morgan fingerprint density at radius 1 is 1.45 bits per heavy atom. The van der Waals surface area contributed by atoms with Crippen molar-refractivity contribution in [3.8, 4) is 0 Å². The van der Waals surface area contributed by atoms with Crippen LogP contribution in [0.2, 0.25) is 0 Å².